The third kappa shape index (κ3) is 9.02. The van der Waals surface area contributed by atoms with Crippen LogP contribution in [0.5, 0.6) is 0 Å². The first-order valence-corrected chi connectivity index (χ1v) is 15.8. The van der Waals surface area contributed by atoms with Crippen LogP contribution in [0.4, 0.5) is 4.79 Å². The first-order chi connectivity index (χ1) is 19.1. The average molecular weight is 591 g/mol. The van der Waals surface area contributed by atoms with Gasteiger partial charge in [-0.25, -0.2) is 22.7 Å². The van der Waals surface area contributed by atoms with Crippen LogP contribution in [0.15, 0.2) is 64.2 Å². The molecule has 0 radical (unpaired) electrons. The summed E-state index contributed by atoms with van der Waals surface area (Å²) in [6.07, 6.45) is 4.08. The molecule has 0 saturated heterocycles. The van der Waals surface area contributed by atoms with Crippen LogP contribution < -0.4 is 15.8 Å². The highest BCUT2D eigenvalue weighted by Gasteiger charge is 2.28. The molecule has 3 amide bonds. The van der Waals surface area contributed by atoms with Gasteiger partial charge in [-0.15, -0.1) is 11.8 Å². The molecule has 2 rings (SSSR count). The van der Waals surface area contributed by atoms with E-state index in [0.29, 0.717) is 36.1 Å². The van der Waals surface area contributed by atoms with Crippen molar-refractivity contribution < 1.29 is 27.5 Å². The van der Waals surface area contributed by atoms with Crippen molar-refractivity contribution >= 4 is 39.7 Å². The molecule has 0 spiro atoms. The largest absolute Gasteiger partial charge is 0.461 e. The van der Waals surface area contributed by atoms with Crippen LogP contribution in [0.2, 0.25) is 0 Å². The molecule has 2 aromatic carbocycles. The summed E-state index contributed by atoms with van der Waals surface area (Å²) in [7, 11) is -4.15. The topological polar surface area (TPSA) is 148 Å². The smallest absolute Gasteiger partial charge is 0.357 e. The maximum absolute atomic E-state index is 13.2. The zero-order chi connectivity index (χ0) is 29.7. The van der Waals surface area contributed by atoms with Gasteiger partial charge in [0.05, 0.1) is 23.1 Å². The third-order valence-corrected chi connectivity index (χ3v) is 7.80. The lowest BCUT2D eigenvalue weighted by Crippen LogP contribution is -2.39. The number of hydrogen-bond donors (Lipinski definition) is 3. The van der Waals surface area contributed by atoms with Gasteiger partial charge in [0.15, 0.2) is 5.70 Å². The standard InChI is InChI=1S/C28H38N4O6S2/c1-5-8-13-24(33)32(25(26(29)39-4)27(34)38-7-3)19-20-14-16-21(17-15-20)22-11-9-10-12-23(22)40(36,37)31-28(35)30-18-6-2/h9-12,14-17H,5-8,13,18-19,29H2,1-4H3,(H2,30,31,35). The number of thioether (sulfide) groups is 1. The molecule has 10 nitrogen and oxygen atoms in total. The number of benzene rings is 2. The van der Waals surface area contributed by atoms with Crippen molar-refractivity contribution in [2.75, 3.05) is 19.4 Å². The molecule has 0 saturated carbocycles. The Morgan fingerprint density at radius 3 is 2.27 bits per heavy atom. The summed E-state index contributed by atoms with van der Waals surface area (Å²) in [4.78, 5) is 39.3. The number of rotatable bonds is 14. The highest BCUT2D eigenvalue weighted by atomic mass is 32.2. The SMILES string of the molecule is CCCCC(=O)N(Cc1ccc(-c2ccccc2S(=O)(=O)NC(=O)NCCC)cc1)C(C(=O)OCC)=C(N)SC. The van der Waals surface area contributed by atoms with Crippen molar-refractivity contribution in [2.24, 2.45) is 5.73 Å². The highest BCUT2D eigenvalue weighted by molar-refractivity contribution is 8.02. The Kier molecular flexibility index (Phi) is 13.0. The molecule has 12 heteroatoms. The summed E-state index contributed by atoms with van der Waals surface area (Å²) in [5.41, 5.74) is 7.84. The van der Waals surface area contributed by atoms with Gasteiger partial charge in [0, 0.05) is 18.5 Å². The van der Waals surface area contributed by atoms with E-state index in [1.807, 2.05) is 18.6 Å². The van der Waals surface area contributed by atoms with Crippen LogP contribution >= 0.6 is 11.8 Å². The Morgan fingerprint density at radius 2 is 1.68 bits per heavy atom. The normalized spacial score (nSPS) is 11.8. The summed E-state index contributed by atoms with van der Waals surface area (Å²) in [5.74, 6) is -0.930. The second kappa shape index (κ2) is 15.9. The number of carbonyl (C=O) groups excluding carboxylic acids is 3. The average Bonchev–Trinajstić information content (AvgIpc) is 2.94. The molecule has 0 bridgehead atoms. The quantitative estimate of drug-likeness (QED) is 0.218. The fraction of sp³-hybridized carbons (Fsp3) is 0.393. The molecular weight excluding hydrogens is 552 g/mol. The highest BCUT2D eigenvalue weighted by Crippen LogP contribution is 2.28. The Hall–Kier alpha value is -3.51. The predicted octanol–water partition coefficient (Wildman–Crippen LogP) is 4.32. The van der Waals surface area contributed by atoms with Crippen LogP contribution in [0.1, 0.15) is 52.0 Å². The van der Waals surface area contributed by atoms with Crippen LogP contribution in [0.25, 0.3) is 11.1 Å². The minimum Gasteiger partial charge on any atom is -0.461 e. The Bertz CT molecular complexity index is 1310. The van der Waals surface area contributed by atoms with Crippen molar-refractivity contribution in [1.82, 2.24) is 14.9 Å². The second-order valence-electron chi connectivity index (χ2n) is 8.78. The van der Waals surface area contributed by atoms with Gasteiger partial charge in [0.2, 0.25) is 5.91 Å². The number of esters is 1. The Balaban J connectivity index is 2.42. The number of unbranched alkanes of at least 4 members (excludes halogenated alkanes) is 1. The van der Waals surface area contributed by atoms with Crippen LogP contribution in [0.3, 0.4) is 0 Å². The molecule has 0 heterocycles. The van der Waals surface area contributed by atoms with E-state index in [-0.39, 0.29) is 41.1 Å². The van der Waals surface area contributed by atoms with Gasteiger partial charge in [0.1, 0.15) is 0 Å². The van der Waals surface area contributed by atoms with Crippen LogP contribution in [-0.4, -0.2) is 50.6 Å². The van der Waals surface area contributed by atoms with E-state index in [9.17, 15) is 22.8 Å². The molecule has 4 N–H and O–H groups in total. The van der Waals surface area contributed by atoms with Crippen LogP contribution in [0, 0.1) is 0 Å². The minimum atomic E-state index is -4.15. The Labute approximate surface area is 240 Å². The summed E-state index contributed by atoms with van der Waals surface area (Å²) < 4.78 is 33.2. The molecule has 0 unspecified atom stereocenters. The molecule has 0 aromatic heterocycles. The van der Waals surface area contributed by atoms with E-state index in [1.54, 1.807) is 55.6 Å². The van der Waals surface area contributed by atoms with Crippen LogP contribution in [-0.2, 0) is 30.9 Å². The molecular formula is C28H38N4O6S2. The number of nitrogens with zero attached hydrogens (tertiary/aromatic N) is 1. The van der Waals surface area contributed by atoms with Crippen molar-refractivity contribution in [2.45, 2.75) is 57.9 Å². The maximum Gasteiger partial charge on any atom is 0.357 e. The Morgan fingerprint density at radius 1 is 1.00 bits per heavy atom. The van der Waals surface area contributed by atoms with Gasteiger partial charge in [-0.1, -0.05) is 62.7 Å². The number of amides is 3. The van der Waals surface area contributed by atoms with E-state index < -0.39 is 22.0 Å². The summed E-state index contributed by atoms with van der Waals surface area (Å²) >= 11 is 1.15. The number of nitrogens with two attached hydrogens (primary N) is 1. The first kappa shape index (κ1) is 32.7. The first-order valence-electron chi connectivity index (χ1n) is 13.1. The van der Waals surface area contributed by atoms with Crippen molar-refractivity contribution in [1.29, 1.82) is 0 Å². The molecule has 0 aliphatic rings. The van der Waals surface area contributed by atoms with Gasteiger partial charge in [-0.3, -0.25) is 9.69 Å². The maximum atomic E-state index is 13.2. The fourth-order valence-corrected chi connectivity index (χ4v) is 5.30. The van der Waals surface area contributed by atoms with E-state index >= 15 is 0 Å². The number of ether oxygens (including phenoxy) is 1. The summed E-state index contributed by atoms with van der Waals surface area (Å²) in [5, 5.41) is 2.67. The van der Waals surface area contributed by atoms with Gasteiger partial charge in [-0.2, -0.15) is 0 Å². The monoisotopic (exact) mass is 590 g/mol. The third-order valence-electron chi connectivity index (χ3n) is 5.78. The lowest BCUT2D eigenvalue weighted by atomic mass is 10.0. The van der Waals surface area contributed by atoms with Gasteiger partial charge < -0.3 is 15.8 Å². The molecule has 0 aliphatic heterocycles. The number of sulfonamides is 1. The molecule has 40 heavy (non-hydrogen) atoms. The van der Waals surface area contributed by atoms with E-state index in [0.717, 1.165) is 18.2 Å². The zero-order valence-electron chi connectivity index (χ0n) is 23.4. The van der Waals surface area contributed by atoms with Gasteiger partial charge >= 0.3 is 12.0 Å². The molecule has 2 aromatic rings. The van der Waals surface area contributed by atoms with E-state index in [2.05, 4.69) is 5.32 Å². The molecule has 0 aliphatic carbocycles. The van der Waals surface area contributed by atoms with E-state index in [1.165, 1.54) is 11.0 Å². The van der Waals surface area contributed by atoms with Crippen molar-refractivity contribution in [3.63, 3.8) is 0 Å². The lowest BCUT2D eigenvalue weighted by Gasteiger charge is -2.26. The predicted molar refractivity (Wildman–Crippen MR) is 157 cm³/mol. The zero-order valence-corrected chi connectivity index (χ0v) is 25.0. The lowest BCUT2D eigenvalue weighted by molar-refractivity contribution is -0.144. The molecule has 218 valence electrons. The molecule has 0 fully saturated rings. The molecule has 0 atom stereocenters. The number of urea groups is 1. The fourth-order valence-electron chi connectivity index (χ4n) is 3.76. The minimum absolute atomic E-state index is 0.00314. The summed E-state index contributed by atoms with van der Waals surface area (Å²) in [6.45, 7) is 6.06. The number of carbonyl (C=O) groups is 3. The van der Waals surface area contributed by atoms with Gasteiger partial charge in [-0.05, 0) is 43.2 Å². The van der Waals surface area contributed by atoms with Crippen molar-refractivity contribution in [3.05, 3.63) is 64.8 Å². The van der Waals surface area contributed by atoms with Gasteiger partial charge in [0.25, 0.3) is 10.0 Å². The number of hydrogen-bond acceptors (Lipinski definition) is 8. The number of nitrogens with one attached hydrogen (secondary N) is 2. The second-order valence-corrected chi connectivity index (χ2v) is 11.3. The van der Waals surface area contributed by atoms with Crippen molar-refractivity contribution in [3.8, 4) is 11.1 Å². The van der Waals surface area contributed by atoms with E-state index in [4.69, 9.17) is 10.5 Å². The summed E-state index contributed by atoms with van der Waals surface area (Å²) in [6, 6.07) is 12.5.